The van der Waals surface area contributed by atoms with Gasteiger partial charge in [0.25, 0.3) is 0 Å². The molecule has 0 aliphatic rings. The quantitative estimate of drug-likeness (QED) is 0.156. The monoisotopic (exact) mass is 562 g/mol. The van der Waals surface area contributed by atoms with Crippen LogP contribution in [-0.4, -0.2) is 34.0 Å². The van der Waals surface area contributed by atoms with Crippen molar-refractivity contribution in [2.45, 2.75) is 0 Å². The highest BCUT2D eigenvalue weighted by atomic mass is 35.5. The highest BCUT2D eigenvalue weighted by Gasteiger charge is 2.35. The van der Waals surface area contributed by atoms with Crippen LogP contribution in [0.5, 0.6) is 0 Å². The Morgan fingerprint density at radius 2 is 1.19 bits per heavy atom. The number of hydrogen-bond donors (Lipinski definition) is 4. The number of carbonyl (C=O) groups is 4. The number of aromatic carboxylic acids is 2. The molecule has 0 heterocycles. The number of carbonyl (C=O) groups excluding carboxylic acids is 2. The highest BCUT2D eigenvalue weighted by Crippen LogP contribution is 2.52. The number of hydrogen-bond acceptors (Lipinski definition) is 4. The van der Waals surface area contributed by atoms with Gasteiger partial charge in [0.15, 0.2) is 0 Å². The van der Waals surface area contributed by atoms with E-state index in [1.807, 2.05) is 0 Å². The third kappa shape index (κ3) is 2.96. The molecule has 0 aliphatic heterocycles. The summed E-state index contributed by atoms with van der Waals surface area (Å²) >= 11 is 26.0. The lowest BCUT2D eigenvalue weighted by atomic mass is 9.81. The molecular weight excluding hydrogens is 554 g/mol. The van der Waals surface area contributed by atoms with Gasteiger partial charge < -0.3 is 21.7 Å². The lowest BCUT2D eigenvalue weighted by molar-refractivity contribution is 0.0693. The summed E-state index contributed by atoms with van der Waals surface area (Å²) in [5.74, 6) is -5.86. The zero-order valence-electron chi connectivity index (χ0n) is 17.5. The predicted octanol–water partition coefficient (Wildman–Crippen LogP) is 5.95. The van der Waals surface area contributed by atoms with Gasteiger partial charge in [0.2, 0.25) is 11.8 Å². The van der Waals surface area contributed by atoms with E-state index in [2.05, 4.69) is 0 Å². The molecule has 12 heteroatoms. The molecular formula is C24H10Cl4N2O6. The molecule has 0 radical (unpaired) electrons. The van der Waals surface area contributed by atoms with Gasteiger partial charge in [0.1, 0.15) is 0 Å². The van der Waals surface area contributed by atoms with Crippen molar-refractivity contribution in [2.75, 3.05) is 0 Å². The van der Waals surface area contributed by atoms with Gasteiger partial charge in [-0.05, 0) is 22.2 Å². The number of halogens is 4. The van der Waals surface area contributed by atoms with Crippen molar-refractivity contribution < 1.29 is 29.4 Å². The normalized spacial score (nSPS) is 11.7. The molecule has 6 N–H and O–H groups in total. The summed E-state index contributed by atoms with van der Waals surface area (Å²) in [6.45, 7) is 0. The van der Waals surface area contributed by atoms with Crippen molar-refractivity contribution in [1.29, 1.82) is 0 Å². The van der Waals surface area contributed by atoms with Crippen LogP contribution in [0, 0.1) is 0 Å². The number of nitrogens with two attached hydrogens (primary N) is 2. The number of fused-ring (bicyclic) bond motifs is 2. The van der Waals surface area contributed by atoms with Crippen LogP contribution in [0.3, 0.4) is 0 Å². The molecule has 180 valence electrons. The summed E-state index contributed by atoms with van der Waals surface area (Å²) in [4.78, 5) is 50.2. The smallest absolute Gasteiger partial charge is 0.337 e. The summed E-state index contributed by atoms with van der Waals surface area (Å²) in [6.07, 6.45) is 0. The summed E-state index contributed by atoms with van der Waals surface area (Å²) < 4.78 is 0. The zero-order chi connectivity index (χ0) is 26.4. The molecule has 5 aromatic rings. The number of amides is 2. The van der Waals surface area contributed by atoms with E-state index in [-0.39, 0.29) is 36.6 Å². The fourth-order valence-corrected chi connectivity index (χ4v) is 5.95. The van der Waals surface area contributed by atoms with Crippen molar-refractivity contribution in [3.63, 3.8) is 0 Å². The first-order valence-electron chi connectivity index (χ1n) is 9.92. The summed E-state index contributed by atoms with van der Waals surface area (Å²) in [5.41, 5.74) is 8.38. The predicted molar refractivity (Wildman–Crippen MR) is 139 cm³/mol. The standard InChI is InChI=1S/C24H10Cl4N2O6/c25-7-4-5-2-1-3-6-8(5)12(18(7)26)13-10-9(6)14(21(29)31)15(22(30)32)16(23(33)34)11(10)17(24(35)36)20(28)19(13)27/h1-4H,(H2,29,31)(H2,30,32)(H,33,34)(H,35,36). The molecule has 0 saturated carbocycles. The average Bonchev–Trinajstić information content (AvgIpc) is 2.79. The Morgan fingerprint density at radius 3 is 1.75 bits per heavy atom. The summed E-state index contributed by atoms with van der Waals surface area (Å²) in [5, 5.41) is 20.5. The molecule has 2 amide bonds. The Kier molecular flexibility index (Phi) is 5.35. The van der Waals surface area contributed by atoms with Crippen molar-refractivity contribution in [1.82, 2.24) is 0 Å². The first kappa shape index (κ1) is 24.1. The molecule has 0 aromatic heterocycles. The SMILES string of the molecule is NC(=O)c1c(C(=O)O)c2c(C(=O)O)c(Cl)c(Cl)c3c4c(Cl)c(Cl)cc5cccc(c(c1C(N)=O)c23)c54. The van der Waals surface area contributed by atoms with Crippen molar-refractivity contribution >= 4 is 113 Å². The first-order valence-corrected chi connectivity index (χ1v) is 11.4. The van der Waals surface area contributed by atoms with Crippen molar-refractivity contribution in [3.05, 3.63) is 66.6 Å². The molecule has 36 heavy (non-hydrogen) atoms. The second-order valence-electron chi connectivity index (χ2n) is 7.92. The van der Waals surface area contributed by atoms with Crippen LogP contribution in [-0.2, 0) is 0 Å². The van der Waals surface area contributed by atoms with Crippen LogP contribution in [0.1, 0.15) is 41.4 Å². The topological polar surface area (TPSA) is 161 Å². The Morgan fingerprint density at radius 1 is 0.611 bits per heavy atom. The molecule has 5 aromatic carbocycles. The summed E-state index contributed by atoms with van der Waals surface area (Å²) in [6, 6.07) is 6.48. The van der Waals surface area contributed by atoms with Crippen LogP contribution in [0.25, 0.3) is 43.1 Å². The molecule has 0 unspecified atom stereocenters. The minimum Gasteiger partial charge on any atom is -0.478 e. The second kappa shape index (κ2) is 7.97. The fourth-order valence-electron chi connectivity index (χ4n) is 4.94. The first-order chi connectivity index (χ1) is 16.9. The van der Waals surface area contributed by atoms with Gasteiger partial charge in [-0.15, -0.1) is 0 Å². The minimum absolute atomic E-state index is 0.0242. The van der Waals surface area contributed by atoms with Gasteiger partial charge in [0, 0.05) is 26.9 Å². The number of primary amides is 2. The third-order valence-corrected chi connectivity index (χ3v) is 7.77. The molecule has 0 fully saturated rings. The molecule has 0 bridgehead atoms. The maximum absolute atomic E-state index is 12.8. The van der Waals surface area contributed by atoms with Gasteiger partial charge in [-0.2, -0.15) is 0 Å². The van der Waals surface area contributed by atoms with E-state index in [9.17, 15) is 29.4 Å². The van der Waals surface area contributed by atoms with Gasteiger partial charge >= 0.3 is 11.9 Å². The van der Waals surface area contributed by atoms with E-state index in [4.69, 9.17) is 57.9 Å². The molecule has 0 saturated heterocycles. The minimum atomic E-state index is -1.74. The Labute approximate surface area is 220 Å². The van der Waals surface area contributed by atoms with Crippen LogP contribution >= 0.6 is 46.4 Å². The van der Waals surface area contributed by atoms with E-state index < -0.39 is 56.4 Å². The molecule has 8 nitrogen and oxygen atoms in total. The van der Waals surface area contributed by atoms with Crippen LogP contribution in [0.15, 0.2) is 24.3 Å². The van der Waals surface area contributed by atoms with Crippen molar-refractivity contribution in [3.8, 4) is 0 Å². The number of rotatable bonds is 4. The maximum Gasteiger partial charge on any atom is 0.337 e. The van der Waals surface area contributed by atoms with Gasteiger partial charge in [-0.1, -0.05) is 64.6 Å². The second-order valence-corrected chi connectivity index (χ2v) is 9.46. The molecule has 0 spiro atoms. The number of carboxylic acid groups (broad SMARTS) is 2. The van der Waals surface area contributed by atoms with Gasteiger partial charge in [-0.25, -0.2) is 9.59 Å². The number of benzene rings is 5. The molecule has 0 atom stereocenters. The van der Waals surface area contributed by atoms with Gasteiger partial charge in [0.05, 0.1) is 42.3 Å². The summed E-state index contributed by atoms with van der Waals surface area (Å²) in [7, 11) is 0. The Balaban J connectivity index is 2.43. The highest BCUT2D eigenvalue weighted by molar-refractivity contribution is 6.56. The lowest BCUT2D eigenvalue weighted by Gasteiger charge is -2.23. The zero-order valence-corrected chi connectivity index (χ0v) is 20.5. The van der Waals surface area contributed by atoms with E-state index in [0.29, 0.717) is 16.2 Å². The van der Waals surface area contributed by atoms with E-state index in [0.717, 1.165) is 0 Å². The van der Waals surface area contributed by atoms with Gasteiger partial charge in [-0.3, -0.25) is 9.59 Å². The average molecular weight is 564 g/mol. The Bertz CT molecular complexity index is 1900. The van der Waals surface area contributed by atoms with Crippen LogP contribution < -0.4 is 11.5 Å². The maximum atomic E-state index is 12.8. The van der Waals surface area contributed by atoms with E-state index >= 15 is 0 Å². The number of carboxylic acids is 2. The van der Waals surface area contributed by atoms with E-state index in [1.54, 1.807) is 24.3 Å². The molecule has 5 rings (SSSR count). The van der Waals surface area contributed by atoms with Crippen molar-refractivity contribution in [2.24, 2.45) is 11.5 Å². The third-order valence-electron chi connectivity index (χ3n) is 6.13. The lowest BCUT2D eigenvalue weighted by Crippen LogP contribution is -2.25. The van der Waals surface area contributed by atoms with Crippen LogP contribution in [0.4, 0.5) is 0 Å². The Hall–Kier alpha value is -3.56. The largest absolute Gasteiger partial charge is 0.478 e. The van der Waals surface area contributed by atoms with Crippen LogP contribution in [0.2, 0.25) is 20.1 Å². The van der Waals surface area contributed by atoms with E-state index in [1.165, 1.54) is 0 Å². The molecule has 0 aliphatic carbocycles. The fraction of sp³-hybridized carbons (Fsp3) is 0.